The summed E-state index contributed by atoms with van der Waals surface area (Å²) in [6, 6.07) is 10.5. The molecule has 0 aliphatic rings. The number of hydrogen-bond donors (Lipinski definition) is 2. The second-order valence-electron chi connectivity index (χ2n) is 4.01. The Morgan fingerprint density at radius 3 is 2.58 bits per heavy atom. The lowest BCUT2D eigenvalue weighted by Crippen LogP contribution is -2.11. The summed E-state index contributed by atoms with van der Waals surface area (Å²) in [5, 5.41) is 7.31. The molecule has 98 valence electrons. The summed E-state index contributed by atoms with van der Waals surface area (Å²) >= 11 is 1.40. The smallest absolute Gasteiger partial charge is 0.124 e. The summed E-state index contributed by atoms with van der Waals surface area (Å²) in [6.07, 6.45) is 0. The van der Waals surface area contributed by atoms with Crippen LogP contribution in [-0.4, -0.2) is 5.84 Å². The number of hydrogen-bond acceptors (Lipinski definition) is 2. The van der Waals surface area contributed by atoms with Crippen LogP contribution in [0.5, 0.6) is 0 Å². The zero-order valence-electron chi connectivity index (χ0n) is 9.99. The van der Waals surface area contributed by atoms with Gasteiger partial charge in [0.2, 0.25) is 0 Å². The molecule has 0 aliphatic carbocycles. The molecule has 0 spiro atoms. The van der Waals surface area contributed by atoms with E-state index in [0.29, 0.717) is 16.9 Å². The largest absolute Gasteiger partial charge is 0.384 e. The van der Waals surface area contributed by atoms with Crippen LogP contribution in [-0.2, 0) is 5.75 Å². The van der Waals surface area contributed by atoms with Crippen LogP contribution in [0.15, 0.2) is 47.4 Å². The van der Waals surface area contributed by atoms with E-state index in [-0.39, 0.29) is 11.7 Å². The van der Waals surface area contributed by atoms with Crippen LogP contribution < -0.4 is 5.73 Å². The highest BCUT2D eigenvalue weighted by Gasteiger charge is 2.04. The van der Waals surface area contributed by atoms with Crippen LogP contribution in [0.2, 0.25) is 0 Å². The fourth-order valence-corrected chi connectivity index (χ4v) is 2.48. The average molecular weight is 278 g/mol. The van der Waals surface area contributed by atoms with Gasteiger partial charge in [0.15, 0.2) is 0 Å². The lowest BCUT2D eigenvalue weighted by molar-refractivity contribution is 0.624. The zero-order chi connectivity index (χ0) is 13.8. The van der Waals surface area contributed by atoms with E-state index >= 15 is 0 Å². The Labute approximate surface area is 114 Å². The molecule has 5 heteroatoms. The minimum absolute atomic E-state index is 0.170. The van der Waals surface area contributed by atoms with Crippen molar-refractivity contribution in [3.63, 3.8) is 0 Å². The van der Waals surface area contributed by atoms with Crippen molar-refractivity contribution in [2.24, 2.45) is 5.73 Å². The molecule has 0 aromatic heterocycles. The Hall–Kier alpha value is -1.88. The second kappa shape index (κ2) is 5.84. The summed E-state index contributed by atoms with van der Waals surface area (Å²) < 4.78 is 26.4. The third kappa shape index (κ3) is 3.79. The van der Waals surface area contributed by atoms with Gasteiger partial charge in [0.1, 0.15) is 17.5 Å². The molecule has 2 aromatic carbocycles. The van der Waals surface area contributed by atoms with Crippen LogP contribution in [0.25, 0.3) is 0 Å². The molecule has 0 fully saturated rings. The van der Waals surface area contributed by atoms with Gasteiger partial charge in [0.25, 0.3) is 0 Å². The van der Waals surface area contributed by atoms with E-state index in [1.807, 2.05) is 0 Å². The Morgan fingerprint density at radius 1 is 1.11 bits per heavy atom. The van der Waals surface area contributed by atoms with Gasteiger partial charge in [-0.1, -0.05) is 6.07 Å². The van der Waals surface area contributed by atoms with E-state index in [4.69, 9.17) is 11.1 Å². The molecule has 0 saturated heterocycles. The molecular formula is C14H12F2N2S. The van der Waals surface area contributed by atoms with Crippen LogP contribution in [0.3, 0.4) is 0 Å². The second-order valence-corrected chi connectivity index (χ2v) is 5.06. The van der Waals surface area contributed by atoms with Crippen LogP contribution in [0.4, 0.5) is 8.78 Å². The van der Waals surface area contributed by atoms with Gasteiger partial charge >= 0.3 is 0 Å². The summed E-state index contributed by atoms with van der Waals surface area (Å²) in [5.41, 5.74) is 6.40. The maximum Gasteiger partial charge on any atom is 0.124 e. The highest BCUT2D eigenvalue weighted by atomic mass is 32.2. The highest BCUT2D eigenvalue weighted by Crippen LogP contribution is 2.24. The van der Waals surface area contributed by atoms with Crippen molar-refractivity contribution < 1.29 is 8.78 Å². The van der Waals surface area contributed by atoms with Gasteiger partial charge in [-0.3, -0.25) is 5.41 Å². The van der Waals surface area contributed by atoms with Crippen molar-refractivity contribution in [3.8, 4) is 0 Å². The first-order valence-corrected chi connectivity index (χ1v) is 6.55. The van der Waals surface area contributed by atoms with E-state index in [9.17, 15) is 8.78 Å². The molecule has 0 unspecified atom stereocenters. The van der Waals surface area contributed by atoms with Gasteiger partial charge in [-0.15, -0.1) is 11.8 Å². The molecule has 3 N–H and O–H groups in total. The predicted molar refractivity (Wildman–Crippen MR) is 73.4 cm³/mol. The van der Waals surface area contributed by atoms with Crippen LogP contribution in [0.1, 0.15) is 11.1 Å². The summed E-state index contributed by atoms with van der Waals surface area (Å²) in [7, 11) is 0. The Kier molecular flexibility index (Phi) is 4.16. The van der Waals surface area contributed by atoms with Crippen molar-refractivity contribution >= 4 is 17.6 Å². The van der Waals surface area contributed by atoms with Crippen molar-refractivity contribution in [1.29, 1.82) is 5.41 Å². The molecule has 19 heavy (non-hydrogen) atoms. The van der Waals surface area contributed by atoms with Crippen LogP contribution >= 0.6 is 11.8 Å². The van der Waals surface area contributed by atoms with E-state index in [0.717, 1.165) is 4.90 Å². The number of thioether (sulfide) groups is 1. The minimum atomic E-state index is -0.428. The van der Waals surface area contributed by atoms with E-state index in [1.54, 1.807) is 18.2 Å². The lowest BCUT2D eigenvalue weighted by atomic mass is 10.1. The van der Waals surface area contributed by atoms with E-state index < -0.39 is 5.82 Å². The molecule has 0 heterocycles. The monoisotopic (exact) mass is 278 g/mol. The zero-order valence-corrected chi connectivity index (χ0v) is 10.8. The summed E-state index contributed by atoms with van der Waals surface area (Å²) in [5.74, 6) is -0.408. The Bertz CT molecular complexity index is 614. The quantitative estimate of drug-likeness (QED) is 0.510. The fraction of sp³-hybridized carbons (Fsp3) is 0.0714. The van der Waals surface area contributed by atoms with Gasteiger partial charge in [-0.25, -0.2) is 8.78 Å². The third-order valence-electron chi connectivity index (χ3n) is 2.47. The molecular weight excluding hydrogens is 266 g/mol. The number of amidine groups is 1. The summed E-state index contributed by atoms with van der Waals surface area (Å²) in [6.45, 7) is 0. The lowest BCUT2D eigenvalue weighted by Gasteiger charge is -2.05. The Morgan fingerprint density at radius 2 is 1.89 bits per heavy atom. The molecule has 0 saturated carbocycles. The van der Waals surface area contributed by atoms with Gasteiger partial charge in [-0.05, 0) is 42.0 Å². The van der Waals surface area contributed by atoms with Gasteiger partial charge < -0.3 is 5.73 Å². The SMILES string of the molecule is N=C(N)c1cc(F)cc(CSc2cccc(F)c2)c1. The number of halogens is 2. The van der Waals surface area contributed by atoms with E-state index in [2.05, 4.69) is 0 Å². The molecule has 0 bridgehead atoms. The predicted octanol–water partition coefficient (Wildman–Crippen LogP) is 3.54. The summed E-state index contributed by atoms with van der Waals surface area (Å²) in [4.78, 5) is 0.772. The first-order chi connectivity index (χ1) is 9.04. The Balaban J connectivity index is 2.13. The van der Waals surface area contributed by atoms with Gasteiger partial charge in [-0.2, -0.15) is 0 Å². The maximum absolute atomic E-state index is 13.4. The molecule has 0 aliphatic heterocycles. The molecule has 2 nitrogen and oxygen atoms in total. The normalized spacial score (nSPS) is 10.4. The first kappa shape index (κ1) is 13.5. The van der Waals surface area contributed by atoms with Crippen molar-refractivity contribution in [3.05, 3.63) is 65.2 Å². The molecule has 2 rings (SSSR count). The van der Waals surface area contributed by atoms with Gasteiger partial charge in [0, 0.05) is 16.2 Å². The topological polar surface area (TPSA) is 49.9 Å². The number of nitrogens with two attached hydrogens (primary N) is 1. The fourth-order valence-electron chi connectivity index (χ4n) is 1.61. The molecule has 2 aromatic rings. The average Bonchev–Trinajstić information content (AvgIpc) is 2.36. The van der Waals surface area contributed by atoms with Crippen LogP contribution in [0, 0.1) is 17.0 Å². The van der Waals surface area contributed by atoms with E-state index in [1.165, 1.54) is 36.0 Å². The van der Waals surface area contributed by atoms with Crippen molar-refractivity contribution in [2.45, 2.75) is 10.6 Å². The highest BCUT2D eigenvalue weighted by molar-refractivity contribution is 7.98. The first-order valence-electron chi connectivity index (χ1n) is 5.57. The van der Waals surface area contributed by atoms with Crippen molar-refractivity contribution in [1.82, 2.24) is 0 Å². The maximum atomic E-state index is 13.4. The third-order valence-corrected chi connectivity index (χ3v) is 3.54. The number of rotatable bonds is 4. The van der Waals surface area contributed by atoms with Gasteiger partial charge in [0.05, 0.1) is 0 Å². The van der Waals surface area contributed by atoms with Crippen molar-refractivity contribution in [2.75, 3.05) is 0 Å². The number of nitrogen functional groups attached to an aromatic ring is 1. The standard InChI is InChI=1S/C14H12F2N2S/c15-11-2-1-3-13(7-11)19-8-9-4-10(14(17)18)6-12(16)5-9/h1-7H,8H2,(H3,17,18). The molecule has 0 amide bonds. The number of nitrogens with one attached hydrogen (secondary N) is 1. The number of benzene rings is 2. The minimum Gasteiger partial charge on any atom is -0.384 e. The molecule has 0 atom stereocenters. The molecule has 0 radical (unpaired) electrons.